The highest BCUT2D eigenvalue weighted by Crippen LogP contribution is 2.22. The summed E-state index contributed by atoms with van der Waals surface area (Å²) in [5, 5.41) is 8.49. The second kappa shape index (κ2) is 3.72. The van der Waals surface area contributed by atoms with Gasteiger partial charge >= 0.3 is 5.97 Å². The van der Waals surface area contributed by atoms with Crippen molar-refractivity contribution in [3.63, 3.8) is 0 Å². The van der Waals surface area contributed by atoms with Gasteiger partial charge in [0.05, 0.1) is 12.0 Å². The van der Waals surface area contributed by atoms with Crippen molar-refractivity contribution in [1.29, 1.82) is 0 Å². The molecule has 0 aromatic rings. The second-order valence-corrected chi connectivity index (χ2v) is 3.31. The standard InChI is InChI=1S/C8H16O3/c1-6(5-7(9)10)8(2,3)11-4/h6H,5H2,1-4H3,(H,9,10). The molecule has 0 amide bonds. The van der Waals surface area contributed by atoms with Crippen LogP contribution in [0.5, 0.6) is 0 Å². The van der Waals surface area contributed by atoms with Gasteiger partial charge in [0.25, 0.3) is 0 Å². The van der Waals surface area contributed by atoms with Crippen molar-refractivity contribution in [2.24, 2.45) is 5.92 Å². The number of ether oxygens (including phenoxy) is 1. The van der Waals surface area contributed by atoms with Crippen LogP contribution in [0.3, 0.4) is 0 Å². The van der Waals surface area contributed by atoms with Gasteiger partial charge in [-0.2, -0.15) is 0 Å². The molecule has 3 heteroatoms. The maximum Gasteiger partial charge on any atom is 0.303 e. The molecule has 0 aliphatic rings. The molecule has 0 rings (SSSR count). The zero-order valence-corrected chi connectivity index (χ0v) is 7.55. The smallest absolute Gasteiger partial charge is 0.303 e. The first-order valence-electron chi connectivity index (χ1n) is 3.67. The van der Waals surface area contributed by atoms with Crippen molar-refractivity contribution in [3.05, 3.63) is 0 Å². The number of carboxylic acids is 1. The van der Waals surface area contributed by atoms with Crippen LogP contribution in [0, 0.1) is 5.92 Å². The van der Waals surface area contributed by atoms with Gasteiger partial charge in [-0.05, 0) is 19.8 Å². The molecular weight excluding hydrogens is 144 g/mol. The fourth-order valence-electron chi connectivity index (χ4n) is 0.709. The Hall–Kier alpha value is -0.570. The summed E-state index contributed by atoms with van der Waals surface area (Å²) in [6.07, 6.45) is 0.154. The van der Waals surface area contributed by atoms with E-state index >= 15 is 0 Å². The Morgan fingerprint density at radius 1 is 1.64 bits per heavy atom. The SMILES string of the molecule is COC(C)(C)C(C)CC(=O)O. The number of aliphatic carboxylic acids is 1. The number of methoxy groups -OCH3 is 1. The molecule has 0 aromatic heterocycles. The molecule has 0 aliphatic carbocycles. The number of rotatable bonds is 4. The summed E-state index contributed by atoms with van der Waals surface area (Å²) >= 11 is 0. The summed E-state index contributed by atoms with van der Waals surface area (Å²) in [6.45, 7) is 5.65. The lowest BCUT2D eigenvalue weighted by Crippen LogP contribution is -2.32. The molecule has 1 N–H and O–H groups in total. The maximum absolute atomic E-state index is 10.3. The Labute approximate surface area is 67.4 Å². The van der Waals surface area contributed by atoms with E-state index in [9.17, 15) is 4.79 Å². The molecule has 11 heavy (non-hydrogen) atoms. The minimum atomic E-state index is -0.775. The van der Waals surface area contributed by atoms with E-state index in [1.807, 2.05) is 20.8 Å². The number of carboxylic acid groups (broad SMARTS) is 1. The first-order chi connectivity index (χ1) is 4.90. The van der Waals surface area contributed by atoms with Gasteiger partial charge in [0.1, 0.15) is 0 Å². The largest absolute Gasteiger partial charge is 0.481 e. The van der Waals surface area contributed by atoms with Crippen LogP contribution < -0.4 is 0 Å². The molecule has 0 bridgehead atoms. The van der Waals surface area contributed by atoms with E-state index in [0.717, 1.165) is 0 Å². The Morgan fingerprint density at radius 3 is 2.36 bits per heavy atom. The normalized spacial score (nSPS) is 14.5. The van der Waals surface area contributed by atoms with E-state index in [4.69, 9.17) is 9.84 Å². The quantitative estimate of drug-likeness (QED) is 0.678. The van der Waals surface area contributed by atoms with Crippen LogP contribution in [-0.2, 0) is 9.53 Å². The molecule has 0 saturated heterocycles. The molecule has 3 nitrogen and oxygen atoms in total. The monoisotopic (exact) mass is 160 g/mol. The Balaban J connectivity index is 4.01. The molecule has 0 aliphatic heterocycles. The predicted octanol–water partition coefficient (Wildman–Crippen LogP) is 1.52. The van der Waals surface area contributed by atoms with Gasteiger partial charge in [0, 0.05) is 7.11 Å². The lowest BCUT2D eigenvalue weighted by molar-refractivity contribution is -0.140. The van der Waals surface area contributed by atoms with Crippen molar-refractivity contribution in [2.75, 3.05) is 7.11 Å². The van der Waals surface area contributed by atoms with Crippen LogP contribution in [0.25, 0.3) is 0 Å². The summed E-state index contributed by atoms with van der Waals surface area (Å²) in [7, 11) is 1.60. The molecular formula is C8H16O3. The van der Waals surface area contributed by atoms with E-state index in [-0.39, 0.29) is 17.9 Å². The number of hydrogen-bond acceptors (Lipinski definition) is 2. The number of hydrogen-bond donors (Lipinski definition) is 1. The molecule has 1 unspecified atom stereocenters. The van der Waals surface area contributed by atoms with E-state index in [0.29, 0.717) is 0 Å². The van der Waals surface area contributed by atoms with Crippen molar-refractivity contribution < 1.29 is 14.6 Å². The average molecular weight is 160 g/mol. The zero-order valence-electron chi connectivity index (χ0n) is 7.55. The minimum Gasteiger partial charge on any atom is -0.481 e. The summed E-state index contributed by atoms with van der Waals surface area (Å²) in [5.74, 6) is -0.743. The fraction of sp³-hybridized carbons (Fsp3) is 0.875. The van der Waals surface area contributed by atoms with Gasteiger partial charge in [0.15, 0.2) is 0 Å². The van der Waals surface area contributed by atoms with Gasteiger partial charge in [0.2, 0.25) is 0 Å². The summed E-state index contributed by atoms with van der Waals surface area (Å²) in [4.78, 5) is 10.3. The highest BCUT2D eigenvalue weighted by Gasteiger charge is 2.26. The topological polar surface area (TPSA) is 46.5 Å². The van der Waals surface area contributed by atoms with Gasteiger partial charge in [-0.25, -0.2) is 0 Å². The molecule has 0 saturated carbocycles. The van der Waals surface area contributed by atoms with Crippen LogP contribution in [0.2, 0.25) is 0 Å². The van der Waals surface area contributed by atoms with Crippen LogP contribution in [0.15, 0.2) is 0 Å². The highest BCUT2D eigenvalue weighted by atomic mass is 16.5. The average Bonchev–Trinajstić information content (AvgIpc) is 1.86. The van der Waals surface area contributed by atoms with E-state index < -0.39 is 5.97 Å². The summed E-state index contributed by atoms with van der Waals surface area (Å²) in [6, 6.07) is 0. The molecule has 0 heterocycles. The Kier molecular flexibility index (Phi) is 3.52. The van der Waals surface area contributed by atoms with Crippen LogP contribution in [0.4, 0.5) is 0 Å². The predicted molar refractivity (Wildman–Crippen MR) is 42.5 cm³/mol. The lowest BCUT2D eigenvalue weighted by atomic mass is 9.90. The van der Waals surface area contributed by atoms with E-state index in [1.165, 1.54) is 0 Å². The first kappa shape index (κ1) is 10.4. The van der Waals surface area contributed by atoms with Crippen molar-refractivity contribution in [1.82, 2.24) is 0 Å². The molecule has 0 radical (unpaired) electrons. The van der Waals surface area contributed by atoms with Gasteiger partial charge in [-0.3, -0.25) is 4.79 Å². The van der Waals surface area contributed by atoms with Crippen LogP contribution >= 0.6 is 0 Å². The molecule has 1 atom stereocenters. The lowest BCUT2D eigenvalue weighted by Gasteiger charge is -2.29. The molecule has 0 spiro atoms. The Morgan fingerprint density at radius 2 is 2.09 bits per heavy atom. The third-order valence-corrected chi connectivity index (χ3v) is 2.19. The molecule has 0 aromatic carbocycles. The molecule has 66 valence electrons. The fourth-order valence-corrected chi connectivity index (χ4v) is 0.709. The third-order valence-electron chi connectivity index (χ3n) is 2.19. The van der Waals surface area contributed by atoms with Gasteiger partial charge < -0.3 is 9.84 Å². The van der Waals surface area contributed by atoms with Crippen molar-refractivity contribution in [2.45, 2.75) is 32.8 Å². The van der Waals surface area contributed by atoms with Gasteiger partial charge in [-0.15, -0.1) is 0 Å². The van der Waals surface area contributed by atoms with E-state index in [1.54, 1.807) is 7.11 Å². The van der Waals surface area contributed by atoms with Crippen LogP contribution in [-0.4, -0.2) is 23.8 Å². The summed E-state index contributed by atoms with van der Waals surface area (Å²) in [5.41, 5.74) is -0.349. The first-order valence-corrected chi connectivity index (χ1v) is 3.67. The van der Waals surface area contributed by atoms with Crippen molar-refractivity contribution in [3.8, 4) is 0 Å². The third kappa shape index (κ3) is 3.37. The second-order valence-electron chi connectivity index (χ2n) is 3.31. The number of carbonyl (C=O) groups is 1. The summed E-state index contributed by atoms with van der Waals surface area (Å²) < 4.78 is 5.14. The maximum atomic E-state index is 10.3. The van der Waals surface area contributed by atoms with E-state index in [2.05, 4.69) is 0 Å². The minimum absolute atomic E-state index is 0.0324. The van der Waals surface area contributed by atoms with Crippen LogP contribution in [0.1, 0.15) is 27.2 Å². The van der Waals surface area contributed by atoms with Crippen molar-refractivity contribution >= 4 is 5.97 Å². The van der Waals surface area contributed by atoms with Gasteiger partial charge in [-0.1, -0.05) is 6.92 Å². The Bertz CT molecular complexity index is 140. The molecule has 0 fully saturated rings. The zero-order chi connectivity index (χ0) is 9.07. The highest BCUT2D eigenvalue weighted by molar-refractivity contribution is 5.67.